The number of benzene rings is 2. The molecule has 1 aliphatic heterocycles. The Balaban J connectivity index is 2.03. The van der Waals surface area contributed by atoms with Crippen molar-refractivity contribution in [2.75, 3.05) is 13.2 Å². The molecule has 1 aliphatic rings. The minimum absolute atomic E-state index is 0.0296. The fraction of sp³-hybridized carbons (Fsp3) is 0.192. The molecule has 0 amide bonds. The fourth-order valence-electron chi connectivity index (χ4n) is 3.83. The van der Waals surface area contributed by atoms with E-state index in [0.717, 1.165) is 15.9 Å². The zero-order valence-electron chi connectivity index (χ0n) is 19.5. The Morgan fingerprint density at radius 1 is 1.29 bits per heavy atom. The fourth-order valence-corrected chi connectivity index (χ4v) is 5.32. The monoisotopic (exact) mass is 624 g/mol. The summed E-state index contributed by atoms with van der Waals surface area (Å²) in [5.41, 5.74) is -2.18. The van der Waals surface area contributed by atoms with Gasteiger partial charge in [0.2, 0.25) is 0 Å². The summed E-state index contributed by atoms with van der Waals surface area (Å²) in [4.78, 5) is 30.1. The molecule has 1 atom stereocenters. The zero-order chi connectivity index (χ0) is 27.6. The number of esters is 1. The highest BCUT2D eigenvalue weighted by Crippen LogP contribution is 2.38. The third-order valence-corrected chi connectivity index (χ3v) is 7.08. The number of ether oxygens (including phenoxy) is 2. The Kier molecular flexibility index (Phi) is 8.16. The number of alkyl halides is 3. The van der Waals surface area contributed by atoms with Crippen LogP contribution in [0.25, 0.3) is 6.08 Å². The third-order valence-electron chi connectivity index (χ3n) is 5.35. The lowest BCUT2D eigenvalue weighted by Crippen LogP contribution is -2.41. The van der Waals surface area contributed by atoms with Crippen LogP contribution in [0.1, 0.15) is 24.1 Å². The Labute approximate surface area is 231 Å². The molecule has 0 saturated heterocycles. The van der Waals surface area contributed by atoms with Gasteiger partial charge in [-0.2, -0.15) is 13.2 Å². The number of thiazole rings is 1. The predicted octanol–water partition coefficient (Wildman–Crippen LogP) is 4.77. The number of halogens is 5. The van der Waals surface area contributed by atoms with Crippen LogP contribution < -0.4 is 19.6 Å². The van der Waals surface area contributed by atoms with Gasteiger partial charge >= 0.3 is 12.1 Å². The van der Waals surface area contributed by atoms with Gasteiger partial charge < -0.3 is 9.47 Å². The van der Waals surface area contributed by atoms with Gasteiger partial charge in [0.1, 0.15) is 12.4 Å². The second kappa shape index (κ2) is 11.2. The molecule has 2 aromatic carbocycles. The number of nitrogens with zero attached hydrogens (tertiary/aromatic N) is 2. The molecule has 0 unspecified atom stereocenters. The van der Waals surface area contributed by atoms with Gasteiger partial charge in [0, 0.05) is 15.1 Å². The number of fused-ring (bicyclic) bond motifs is 1. The summed E-state index contributed by atoms with van der Waals surface area (Å²) < 4.78 is 54.9. The largest absolute Gasteiger partial charge is 0.480 e. The Hall–Kier alpha value is -3.33. The molecule has 38 heavy (non-hydrogen) atoms. The van der Waals surface area contributed by atoms with Gasteiger partial charge in [0.15, 0.2) is 10.5 Å². The SMILES string of the molecule is C#CCOc1ccc(Br)cc1/C=c1\sc2n(c1=O)[C@H](c1ccc(Cl)cc1)C(C(=O)OCC)=C(C(F)(F)F)N=2. The molecule has 0 N–H and O–H groups in total. The van der Waals surface area contributed by atoms with E-state index in [1.165, 1.54) is 37.3 Å². The van der Waals surface area contributed by atoms with Crippen LogP contribution in [-0.4, -0.2) is 29.9 Å². The quantitative estimate of drug-likeness (QED) is 0.293. The molecule has 0 saturated carbocycles. The molecule has 0 spiro atoms. The van der Waals surface area contributed by atoms with Crippen LogP contribution in [-0.2, 0) is 9.53 Å². The first-order valence-electron chi connectivity index (χ1n) is 11.0. The van der Waals surface area contributed by atoms with Crippen LogP contribution in [0.2, 0.25) is 5.02 Å². The van der Waals surface area contributed by atoms with Gasteiger partial charge in [-0.25, -0.2) is 9.79 Å². The lowest BCUT2D eigenvalue weighted by molar-refractivity contribution is -0.140. The van der Waals surface area contributed by atoms with E-state index < -0.39 is 35.0 Å². The predicted molar refractivity (Wildman–Crippen MR) is 141 cm³/mol. The van der Waals surface area contributed by atoms with Gasteiger partial charge in [-0.15, -0.1) is 6.42 Å². The van der Waals surface area contributed by atoms with Crippen molar-refractivity contribution in [3.63, 3.8) is 0 Å². The lowest BCUT2D eigenvalue weighted by Gasteiger charge is -2.26. The number of aromatic nitrogens is 1. The van der Waals surface area contributed by atoms with Gasteiger partial charge in [-0.1, -0.05) is 56.9 Å². The normalized spacial score (nSPS) is 15.5. The number of carbonyl (C=O) groups is 1. The number of hydrogen-bond donors (Lipinski definition) is 0. The maximum absolute atomic E-state index is 14.2. The summed E-state index contributed by atoms with van der Waals surface area (Å²) in [7, 11) is 0. The van der Waals surface area contributed by atoms with Gasteiger partial charge in [0.05, 0.1) is 22.8 Å². The van der Waals surface area contributed by atoms with E-state index >= 15 is 0 Å². The number of hydrogen-bond acceptors (Lipinski definition) is 6. The first-order chi connectivity index (χ1) is 18.0. The average molecular weight is 626 g/mol. The van der Waals surface area contributed by atoms with E-state index in [0.29, 0.717) is 20.8 Å². The maximum atomic E-state index is 14.2. The third kappa shape index (κ3) is 5.57. The van der Waals surface area contributed by atoms with Crippen LogP contribution in [0.4, 0.5) is 13.2 Å². The summed E-state index contributed by atoms with van der Waals surface area (Å²) >= 11 is 10.1. The number of carbonyl (C=O) groups excluding carboxylic acids is 1. The van der Waals surface area contributed by atoms with Crippen molar-refractivity contribution in [1.82, 2.24) is 4.57 Å². The molecule has 0 fully saturated rings. The van der Waals surface area contributed by atoms with Crippen molar-refractivity contribution < 1.29 is 27.4 Å². The molecule has 4 rings (SSSR count). The second-order valence-corrected chi connectivity index (χ2v) is 10.2. The van der Waals surface area contributed by atoms with Gasteiger partial charge in [0.25, 0.3) is 5.56 Å². The smallest absolute Gasteiger partial charge is 0.434 e. The lowest BCUT2D eigenvalue weighted by atomic mass is 9.95. The van der Waals surface area contributed by atoms with Crippen LogP contribution >= 0.6 is 38.9 Å². The Bertz CT molecular complexity index is 1650. The summed E-state index contributed by atoms with van der Waals surface area (Å²) in [5.74, 6) is 1.50. The van der Waals surface area contributed by atoms with Crippen molar-refractivity contribution in [1.29, 1.82) is 0 Å². The summed E-state index contributed by atoms with van der Waals surface area (Å²) in [6, 6.07) is 9.38. The van der Waals surface area contributed by atoms with E-state index in [4.69, 9.17) is 27.5 Å². The maximum Gasteiger partial charge on any atom is 0.434 e. The van der Waals surface area contributed by atoms with E-state index in [9.17, 15) is 22.8 Å². The number of terminal acetylenes is 1. The van der Waals surface area contributed by atoms with Crippen LogP contribution in [0.3, 0.4) is 0 Å². The minimum Gasteiger partial charge on any atom is -0.480 e. The van der Waals surface area contributed by atoms with Crippen molar-refractivity contribution in [2.24, 2.45) is 4.99 Å². The Morgan fingerprint density at radius 3 is 2.63 bits per heavy atom. The van der Waals surface area contributed by atoms with E-state index in [1.54, 1.807) is 18.2 Å². The molecule has 196 valence electrons. The summed E-state index contributed by atoms with van der Waals surface area (Å²) in [5, 5.41) is 0.327. The highest BCUT2D eigenvalue weighted by molar-refractivity contribution is 9.10. The highest BCUT2D eigenvalue weighted by Gasteiger charge is 2.45. The van der Waals surface area contributed by atoms with Gasteiger partial charge in [-0.3, -0.25) is 9.36 Å². The molecular formula is C26H17BrClF3N2O4S. The van der Waals surface area contributed by atoms with Crippen LogP contribution in [0, 0.1) is 12.3 Å². The van der Waals surface area contributed by atoms with Crippen molar-refractivity contribution >= 4 is 50.9 Å². The van der Waals surface area contributed by atoms with E-state index in [-0.39, 0.29) is 28.1 Å². The molecule has 0 aliphatic carbocycles. The van der Waals surface area contributed by atoms with E-state index in [1.807, 2.05) is 0 Å². The first kappa shape index (κ1) is 27.7. The molecule has 12 heteroatoms. The molecule has 0 bridgehead atoms. The number of rotatable bonds is 6. The molecule has 6 nitrogen and oxygen atoms in total. The van der Waals surface area contributed by atoms with Crippen molar-refractivity contribution in [3.05, 3.63) is 94.0 Å². The average Bonchev–Trinajstić information content (AvgIpc) is 3.17. The standard InChI is InChI=1S/C26H17BrClF3N2O4S/c1-3-11-37-18-10-7-16(27)12-15(18)13-19-23(34)33-21(14-5-8-17(28)9-6-14)20(24(35)36-4-2)22(26(29,30)31)32-25(33)38-19/h1,5-10,12-13,21H,4,11H2,2H3/b19-13-/t21-/m1/s1. The first-order valence-corrected chi connectivity index (χ1v) is 13.0. The zero-order valence-corrected chi connectivity index (χ0v) is 22.7. The number of allylic oxidation sites excluding steroid dienone is 1. The second-order valence-electron chi connectivity index (χ2n) is 7.79. The van der Waals surface area contributed by atoms with Crippen LogP contribution in [0.15, 0.2) is 68.0 Å². The molecular weight excluding hydrogens is 609 g/mol. The highest BCUT2D eigenvalue weighted by atomic mass is 79.9. The van der Waals surface area contributed by atoms with E-state index in [2.05, 4.69) is 26.8 Å². The Morgan fingerprint density at radius 2 is 2.00 bits per heavy atom. The van der Waals surface area contributed by atoms with Gasteiger partial charge in [-0.05, 0) is 48.9 Å². The minimum atomic E-state index is -5.00. The van der Waals surface area contributed by atoms with Crippen molar-refractivity contribution in [2.45, 2.75) is 19.1 Å². The molecule has 0 radical (unpaired) electrons. The molecule has 3 aromatic rings. The van der Waals surface area contributed by atoms with Crippen molar-refractivity contribution in [3.8, 4) is 18.1 Å². The summed E-state index contributed by atoms with van der Waals surface area (Å²) in [6.07, 6.45) is 1.76. The topological polar surface area (TPSA) is 69.9 Å². The molecule has 2 heterocycles. The molecule has 1 aromatic heterocycles. The van der Waals surface area contributed by atoms with Crippen LogP contribution in [0.5, 0.6) is 5.75 Å². The summed E-state index contributed by atoms with van der Waals surface area (Å²) in [6.45, 7) is 1.27.